The third-order valence-electron chi connectivity index (χ3n) is 4.69. The Bertz CT molecular complexity index is 1160. The van der Waals surface area contributed by atoms with Gasteiger partial charge in [0.15, 0.2) is 10.5 Å². The molecule has 3 heterocycles. The molecule has 0 saturated heterocycles. The lowest BCUT2D eigenvalue weighted by atomic mass is 10.1. The van der Waals surface area contributed by atoms with Crippen molar-refractivity contribution < 1.29 is 9.67 Å². The number of hydrogen-bond donors (Lipinski definition) is 1. The van der Waals surface area contributed by atoms with E-state index in [1.807, 2.05) is 11.9 Å². The van der Waals surface area contributed by atoms with E-state index in [0.717, 1.165) is 4.88 Å². The van der Waals surface area contributed by atoms with E-state index in [1.165, 1.54) is 11.3 Å². The summed E-state index contributed by atoms with van der Waals surface area (Å²) in [7, 11) is 3.57. The maximum atomic E-state index is 13.4. The highest BCUT2D eigenvalue weighted by atomic mass is 35.5. The molecule has 7 nitrogen and oxygen atoms in total. The van der Waals surface area contributed by atoms with Crippen LogP contribution in [0.2, 0.25) is 4.47 Å². The number of nitrogens with zero attached hydrogens (tertiary/aromatic N) is 5. The number of thiazole rings is 1. The predicted octanol–water partition coefficient (Wildman–Crippen LogP) is 2.07. The van der Waals surface area contributed by atoms with Crippen LogP contribution in [0, 0.1) is 11.3 Å². The lowest BCUT2D eigenvalue weighted by Crippen LogP contribution is -2.41. The normalized spacial score (nSPS) is 15.6. The summed E-state index contributed by atoms with van der Waals surface area (Å²) < 4.78 is 3.65. The zero-order chi connectivity index (χ0) is 19.3. The molecule has 0 aliphatic carbocycles. The zero-order valence-corrected chi connectivity index (χ0v) is 16.1. The molecule has 3 aromatic rings. The Morgan fingerprint density at radius 2 is 2.26 bits per heavy atom. The second kappa shape index (κ2) is 6.37. The van der Waals surface area contributed by atoms with Crippen LogP contribution < -0.4 is 15.0 Å². The third kappa shape index (κ3) is 2.67. The molecule has 1 aliphatic heterocycles. The molecule has 1 aliphatic rings. The number of likely N-dealkylation sites (N-methyl/N-ethyl adjacent to an activating group) is 1. The van der Waals surface area contributed by atoms with Crippen LogP contribution in [0.15, 0.2) is 35.3 Å². The second-order valence-corrected chi connectivity index (χ2v) is 7.98. The van der Waals surface area contributed by atoms with Crippen LogP contribution in [0.4, 0.5) is 5.95 Å². The number of anilines is 1. The number of rotatable bonds is 2. The molecular formula is C18H15ClN5O2S+. The van der Waals surface area contributed by atoms with E-state index in [2.05, 4.69) is 11.1 Å². The standard InChI is InChI=1S/C18H14ClN5O2S/c1-22-9-12(13-8-21-17(19)27-13)24-16(26)14(15(25)23(2)18(22)24)11-5-3-4-10(6-11)7-20/h3-6,8,12H,9H2,1-2H3/p+1. The lowest BCUT2D eigenvalue weighted by molar-refractivity contribution is -0.668. The van der Waals surface area contributed by atoms with Crippen LogP contribution in [0.1, 0.15) is 16.5 Å². The summed E-state index contributed by atoms with van der Waals surface area (Å²) in [5, 5.41) is 19.9. The van der Waals surface area contributed by atoms with Gasteiger partial charge in [0.1, 0.15) is 12.1 Å². The number of hydrogen-bond acceptors (Lipinski definition) is 6. The van der Waals surface area contributed by atoms with Crippen molar-refractivity contribution >= 4 is 28.9 Å². The first-order chi connectivity index (χ1) is 12.9. The predicted molar refractivity (Wildman–Crippen MR) is 102 cm³/mol. The Morgan fingerprint density at radius 3 is 2.93 bits per heavy atom. The average Bonchev–Trinajstić information content (AvgIpc) is 3.23. The molecule has 27 heavy (non-hydrogen) atoms. The van der Waals surface area contributed by atoms with Crippen molar-refractivity contribution in [2.75, 3.05) is 18.5 Å². The molecule has 0 bridgehead atoms. The average molecular weight is 401 g/mol. The first-order valence-electron chi connectivity index (χ1n) is 8.12. The molecule has 1 aromatic carbocycles. The summed E-state index contributed by atoms with van der Waals surface area (Å²) in [4.78, 5) is 20.3. The maximum Gasteiger partial charge on any atom is 0.365 e. The van der Waals surface area contributed by atoms with E-state index in [-0.39, 0.29) is 23.0 Å². The molecule has 136 valence electrons. The molecule has 0 spiro atoms. The fraction of sp³-hybridized carbons (Fsp3) is 0.222. The fourth-order valence-corrected chi connectivity index (χ4v) is 4.54. The Hall–Kier alpha value is -2.89. The van der Waals surface area contributed by atoms with Crippen molar-refractivity contribution in [1.82, 2.24) is 9.55 Å². The quantitative estimate of drug-likeness (QED) is 0.665. The number of fused-ring (bicyclic) bond motifs is 1. The SMILES string of the molecule is CN1CC(c2cnc(Cl)s2)n2c1[n+](C)c(O)c(-c1cccc(C#N)c1)c2=O. The largest absolute Gasteiger partial charge is 0.483 e. The Kier molecular flexibility index (Phi) is 4.13. The van der Waals surface area contributed by atoms with Crippen LogP contribution >= 0.6 is 22.9 Å². The first kappa shape index (κ1) is 17.5. The summed E-state index contributed by atoms with van der Waals surface area (Å²) in [5.74, 6) is 0.448. The third-order valence-corrected chi connectivity index (χ3v) is 5.91. The molecule has 2 aromatic heterocycles. The Morgan fingerprint density at radius 1 is 1.48 bits per heavy atom. The number of benzene rings is 1. The van der Waals surface area contributed by atoms with Crippen molar-refractivity contribution in [1.29, 1.82) is 5.26 Å². The smallest absolute Gasteiger partial charge is 0.365 e. The highest BCUT2D eigenvalue weighted by Gasteiger charge is 2.41. The molecule has 0 radical (unpaired) electrons. The Balaban J connectivity index is 2.00. The number of aromatic hydroxyl groups is 1. The summed E-state index contributed by atoms with van der Waals surface area (Å²) in [5.41, 5.74) is 0.754. The van der Waals surface area contributed by atoms with Crippen molar-refractivity contribution in [3.05, 3.63) is 55.7 Å². The number of halogens is 1. The van der Waals surface area contributed by atoms with E-state index in [9.17, 15) is 9.90 Å². The topological polar surface area (TPSA) is 86.0 Å². The van der Waals surface area contributed by atoms with Gasteiger partial charge >= 0.3 is 11.5 Å². The van der Waals surface area contributed by atoms with Gasteiger partial charge in [-0.25, -0.2) is 14.3 Å². The van der Waals surface area contributed by atoms with Gasteiger partial charge < -0.3 is 5.11 Å². The molecule has 1 atom stereocenters. The second-order valence-electron chi connectivity index (χ2n) is 6.34. The van der Waals surface area contributed by atoms with Crippen molar-refractivity contribution in [3.8, 4) is 23.1 Å². The summed E-state index contributed by atoms with van der Waals surface area (Å²) >= 11 is 7.32. The van der Waals surface area contributed by atoms with Gasteiger partial charge in [0, 0.05) is 6.20 Å². The molecule has 1 unspecified atom stereocenters. The molecular weight excluding hydrogens is 386 g/mol. The van der Waals surface area contributed by atoms with Gasteiger partial charge in [0.25, 0.3) is 5.88 Å². The molecule has 0 amide bonds. The Labute approximate surface area is 163 Å². The van der Waals surface area contributed by atoms with Crippen LogP contribution in [-0.4, -0.2) is 28.3 Å². The van der Waals surface area contributed by atoms with E-state index < -0.39 is 0 Å². The van der Waals surface area contributed by atoms with Gasteiger partial charge in [0.05, 0.1) is 30.6 Å². The van der Waals surface area contributed by atoms with Crippen molar-refractivity contribution in [2.45, 2.75) is 6.04 Å². The molecule has 0 fully saturated rings. The molecule has 9 heteroatoms. The van der Waals surface area contributed by atoms with E-state index in [4.69, 9.17) is 16.9 Å². The highest BCUT2D eigenvalue weighted by molar-refractivity contribution is 7.15. The zero-order valence-electron chi connectivity index (χ0n) is 14.5. The van der Waals surface area contributed by atoms with Gasteiger partial charge in [-0.3, -0.25) is 4.90 Å². The minimum absolute atomic E-state index is 0.142. The van der Waals surface area contributed by atoms with Gasteiger partial charge in [-0.15, -0.1) is 11.3 Å². The van der Waals surface area contributed by atoms with Gasteiger partial charge in [0.2, 0.25) is 0 Å². The monoisotopic (exact) mass is 400 g/mol. The van der Waals surface area contributed by atoms with Gasteiger partial charge in [-0.1, -0.05) is 23.7 Å². The number of aromatic nitrogens is 3. The minimum atomic E-state index is -0.324. The summed E-state index contributed by atoms with van der Waals surface area (Å²) in [6.45, 7) is 0.558. The van der Waals surface area contributed by atoms with Crippen LogP contribution in [0.5, 0.6) is 5.88 Å². The van der Waals surface area contributed by atoms with E-state index in [1.54, 1.807) is 46.6 Å². The van der Waals surface area contributed by atoms with Crippen LogP contribution in [-0.2, 0) is 7.05 Å². The maximum absolute atomic E-state index is 13.4. The molecule has 1 N–H and O–H groups in total. The fourth-order valence-electron chi connectivity index (χ4n) is 3.51. The van der Waals surface area contributed by atoms with E-state index >= 15 is 0 Å². The van der Waals surface area contributed by atoms with Crippen molar-refractivity contribution in [2.24, 2.45) is 7.05 Å². The highest BCUT2D eigenvalue weighted by Crippen LogP contribution is 2.35. The van der Waals surface area contributed by atoms with Crippen molar-refractivity contribution in [3.63, 3.8) is 0 Å². The van der Waals surface area contributed by atoms with Gasteiger partial charge in [-0.2, -0.15) is 9.83 Å². The summed E-state index contributed by atoms with van der Waals surface area (Å²) in [6, 6.07) is 8.46. The van der Waals surface area contributed by atoms with Crippen LogP contribution in [0.3, 0.4) is 0 Å². The first-order valence-corrected chi connectivity index (χ1v) is 9.32. The number of nitriles is 1. The molecule has 4 rings (SSSR count). The minimum Gasteiger partial charge on any atom is -0.483 e. The van der Waals surface area contributed by atoms with E-state index in [0.29, 0.717) is 28.1 Å². The van der Waals surface area contributed by atoms with Gasteiger partial charge in [-0.05, 0) is 17.7 Å². The van der Waals surface area contributed by atoms with Crippen LogP contribution in [0.25, 0.3) is 11.1 Å². The lowest BCUT2D eigenvalue weighted by Gasteiger charge is -2.12. The summed E-state index contributed by atoms with van der Waals surface area (Å²) in [6.07, 6.45) is 1.68. The molecule has 0 saturated carbocycles.